The summed E-state index contributed by atoms with van der Waals surface area (Å²) in [6, 6.07) is 3.46. The van der Waals surface area contributed by atoms with Gasteiger partial charge in [-0.05, 0) is 54.7 Å². The lowest BCUT2D eigenvalue weighted by atomic mass is 10.1. The summed E-state index contributed by atoms with van der Waals surface area (Å²) >= 11 is 1.80. The summed E-state index contributed by atoms with van der Waals surface area (Å²) in [6.45, 7) is 10.4. The Morgan fingerprint density at radius 1 is 1.47 bits per heavy atom. The van der Waals surface area contributed by atoms with Crippen LogP contribution in [-0.4, -0.2) is 30.6 Å². The van der Waals surface area contributed by atoms with Crippen LogP contribution in [0.4, 0.5) is 0 Å². The van der Waals surface area contributed by atoms with Gasteiger partial charge >= 0.3 is 0 Å². The Kier molecular flexibility index (Phi) is 4.60. The van der Waals surface area contributed by atoms with Gasteiger partial charge in [0.25, 0.3) is 0 Å². The largest absolute Gasteiger partial charge is 0.314 e. The van der Waals surface area contributed by atoms with Gasteiger partial charge in [0.2, 0.25) is 0 Å². The number of nitrogens with zero attached hydrogens (tertiary/aromatic N) is 1. The van der Waals surface area contributed by atoms with E-state index in [1.54, 1.807) is 11.3 Å². The van der Waals surface area contributed by atoms with Crippen LogP contribution in [0.15, 0.2) is 16.8 Å². The van der Waals surface area contributed by atoms with Crippen LogP contribution in [0.5, 0.6) is 0 Å². The minimum Gasteiger partial charge on any atom is -0.314 e. The van der Waals surface area contributed by atoms with Crippen molar-refractivity contribution in [3.05, 3.63) is 22.4 Å². The zero-order chi connectivity index (χ0) is 12.3. The van der Waals surface area contributed by atoms with E-state index in [-0.39, 0.29) is 0 Å². The highest BCUT2D eigenvalue weighted by molar-refractivity contribution is 7.07. The molecule has 1 aromatic heterocycles. The normalized spacial score (nSPS) is 23.4. The molecule has 1 N–H and O–H groups in total. The average molecular weight is 252 g/mol. The Balaban J connectivity index is 1.81. The van der Waals surface area contributed by atoms with Crippen LogP contribution in [0.25, 0.3) is 0 Å². The Morgan fingerprint density at radius 2 is 2.29 bits per heavy atom. The quantitative estimate of drug-likeness (QED) is 0.866. The van der Waals surface area contributed by atoms with E-state index < -0.39 is 0 Å². The molecule has 1 saturated heterocycles. The summed E-state index contributed by atoms with van der Waals surface area (Å²) < 4.78 is 0. The molecular weight excluding hydrogens is 228 g/mol. The van der Waals surface area contributed by atoms with Crippen molar-refractivity contribution in [2.24, 2.45) is 5.92 Å². The summed E-state index contributed by atoms with van der Waals surface area (Å²) in [5.74, 6) is 0.832. The van der Waals surface area contributed by atoms with E-state index in [1.807, 2.05) is 0 Å². The lowest BCUT2D eigenvalue weighted by Gasteiger charge is -2.24. The van der Waals surface area contributed by atoms with Gasteiger partial charge in [-0.15, -0.1) is 0 Å². The van der Waals surface area contributed by atoms with Gasteiger partial charge in [-0.2, -0.15) is 11.3 Å². The molecule has 0 aliphatic carbocycles. The van der Waals surface area contributed by atoms with Crippen molar-refractivity contribution in [3.63, 3.8) is 0 Å². The first-order chi connectivity index (χ1) is 8.16. The molecule has 1 aliphatic rings. The fraction of sp³-hybridized carbons (Fsp3) is 0.714. The molecule has 2 heterocycles. The van der Waals surface area contributed by atoms with E-state index in [1.165, 1.54) is 31.6 Å². The van der Waals surface area contributed by atoms with Gasteiger partial charge in [-0.1, -0.05) is 13.8 Å². The van der Waals surface area contributed by atoms with E-state index in [4.69, 9.17) is 0 Å². The molecule has 2 atom stereocenters. The Labute approximate surface area is 109 Å². The molecule has 3 heteroatoms. The van der Waals surface area contributed by atoms with E-state index in [2.05, 4.69) is 47.8 Å². The van der Waals surface area contributed by atoms with Gasteiger partial charge < -0.3 is 5.32 Å². The number of nitrogens with one attached hydrogen (secondary N) is 1. The molecule has 2 rings (SSSR count). The van der Waals surface area contributed by atoms with Crippen LogP contribution in [0.3, 0.4) is 0 Å². The maximum atomic E-state index is 3.56. The summed E-state index contributed by atoms with van der Waals surface area (Å²) in [6.07, 6.45) is 1.34. The predicted molar refractivity (Wildman–Crippen MR) is 75.6 cm³/mol. The third-order valence-corrected chi connectivity index (χ3v) is 4.41. The molecule has 17 heavy (non-hydrogen) atoms. The number of thiophene rings is 1. The van der Waals surface area contributed by atoms with Crippen molar-refractivity contribution in [2.45, 2.75) is 39.3 Å². The second-order valence-corrected chi connectivity index (χ2v) is 6.23. The van der Waals surface area contributed by atoms with Crippen LogP contribution in [0.1, 0.15) is 38.8 Å². The maximum Gasteiger partial charge on any atom is 0.0328 e. The van der Waals surface area contributed by atoms with E-state index >= 15 is 0 Å². The van der Waals surface area contributed by atoms with Gasteiger partial charge in [-0.25, -0.2) is 0 Å². The van der Waals surface area contributed by atoms with Crippen molar-refractivity contribution in [3.8, 4) is 0 Å². The molecule has 2 nitrogen and oxygen atoms in total. The van der Waals surface area contributed by atoms with E-state index in [9.17, 15) is 0 Å². The molecule has 96 valence electrons. The Morgan fingerprint density at radius 3 is 2.94 bits per heavy atom. The highest BCUT2D eigenvalue weighted by atomic mass is 32.1. The molecular formula is C14H24N2S. The minimum absolute atomic E-state index is 0.588. The molecule has 1 aromatic rings. The van der Waals surface area contributed by atoms with E-state index in [0.717, 1.165) is 5.92 Å². The lowest BCUT2D eigenvalue weighted by molar-refractivity contribution is 0.251. The first-order valence-corrected chi connectivity index (χ1v) is 7.60. The SMILES string of the molecule is CC(C)NCC1CCN(C(C)c2ccsc2)C1. The standard InChI is InChI=1S/C14H24N2S/c1-11(2)15-8-13-4-6-16(9-13)12(3)14-5-7-17-10-14/h5,7,10-13,15H,4,6,8-9H2,1-3H3. The molecule has 2 unspecified atom stereocenters. The molecule has 0 saturated carbocycles. The fourth-order valence-corrected chi connectivity index (χ4v) is 3.25. The second kappa shape index (κ2) is 5.98. The highest BCUT2D eigenvalue weighted by Crippen LogP contribution is 2.28. The molecule has 0 spiro atoms. The number of hydrogen-bond donors (Lipinski definition) is 1. The van der Waals surface area contributed by atoms with Crippen molar-refractivity contribution >= 4 is 11.3 Å². The second-order valence-electron chi connectivity index (χ2n) is 5.45. The topological polar surface area (TPSA) is 15.3 Å². The van der Waals surface area contributed by atoms with Crippen molar-refractivity contribution < 1.29 is 0 Å². The fourth-order valence-electron chi connectivity index (χ4n) is 2.51. The monoisotopic (exact) mass is 252 g/mol. The van der Waals surface area contributed by atoms with Gasteiger partial charge in [0.05, 0.1) is 0 Å². The van der Waals surface area contributed by atoms with Crippen LogP contribution >= 0.6 is 11.3 Å². The summed E-state index contributed by atoms with van der Waals surface area (Å²) in [5.41, 5.74) is 1.48. The number of likely N-dealkylation sites (tertiary alicyclic amines) is 1. The summed E-state index contributed by atoms with van der Waals surface area (Å²) in [5, 5.41) is 8.02. The molecule has 1 fully saturated rings. The van der Waals surface area contributed by atoms with Gasteiger partial charge in [0.15, 0.2) is 0 Å². The average Bonchev–Trinajstić information content (AvgIpc) is 2.97. The van der Waals surface area contributed by atoms with Crippen LogP contribution in [-0.2, 0) is 0 Å². The van der Waals surface area contributed by atoms with Crippen LogP contribution < -0.4 is 5.32 Å². The maximum absolute atomic E-state index is 3.56. The third-order valence-electron chi connectivity index (χ3n) is 3.71. The van der Waals surface area contributed by atoms with Crippen LogP contribution in [0.2, 0.25) is 0 Å². The highest BCUT2D eigenvalue weighted by Gasteiger charge is 2.26. The zero-order valence-corrected chi connectivity index (χ0v) is 12.0. The molecule has 0 radical (unpaired) electrons. The molecule has 0 aromatic carbocycles. The van der Waals surface area contributed by atoms with Crippen molar-refractivity contribution in [1.29, 1.82) is 0 Å². The molecule has 0 bridgehead atoms. The molecule has 1 aliphatic heterocycles. The Bertz CT molecular complexity index is 321. The number of hydrogen-bond acceptors (Lipinski definition) is 3. The predicted octanol–water partition coefficient (Wildman–Crippen LogP) is 3.13. The van der Waals surface area contributed by atoms with Gasteiger partial charge in [-0.3, -0.25) is 4.90 Å². The van der Waals surface area contributed by atoms with Crippen molar-refractivity contribution in [2.75, 3.05) is 19.6 Å². The first kappa shape index (κ1) is 13.1. The third kappa shape index (κ3) is 3.54. The lowest BCUT2D eigenvalue weighted by Crippen LogP contribution is -2.31. The first-order valence-electron chi connectivity index (χ1n) is 6.66. The van der Waals surface area contributed by atoms with Gasteiger partial charge in [0, 0.05) is 18.6 Å². The summed E-state index contributed by atoms with van der Waals surface area (Å²) in [4.78, 5) is 2.62. The number of rotatable bonds is 5. The molecule has 0 amide bonds. The smallest absolute Gasteiger partial charge is 0.0328 e. The summed E-state index contributed by atoms with van der Waals surface area (Å²) in [7, 11) is 0. The van der Waals surface area contributed by atoms with Crippen molar-refractivity contribution in [1.82, 2.24) is 10.2 Å². The van der Waals surface area contributed by atoms with Gasteiger partial charge in [0.1, 0.15) is 0 Å². The Hall–Kier alpha value is -0.380. The zero-order valence-electron chi connectivity index (χ0n) is 11.1. The minimum atomic E-state index is 0.588. The van der Waals surface area contributed by atoms with Crippen LogP contribution in [0, 0.1) is 5.92 Å². The van der Waals surface area contributed by atoms with E-state index in [0.29, 0.717) is 12.1 Å².